The molecule has 0 spiro atoms. The van der Waals surface area contributed by atoms with E-state index in [1.807, 2.05) is 24.3 Å². The summed E-state index contributed by atoms with van der Waals surface area (Å²) in [5, 5.41) is 3.77. The van der Waals surface area contributed by atoms with Crippen LogP contribution in [0, 0.1) is 5.41 Å². The zero-order valence-electron chi connectivity index (χ0n) is 12.9. The van der Waals surface area contributed by atoms with E-state index >= 15 is 0 Å². The number of halogens is 2. The highest BCUT2D eigenvalue weighted by Crippen LogP contribution is 2.38. The molecule has 1 aliphatic rings. The molecule has 2 rings (SSSR count). The molecule has 3 nitrogen and oxygen atoms in total. The number of rotatable bonds is 6. The van der Waals surface area contributed by atoms with Crippen LogP contribution in [0.5, 0.6) is 0 Å². The first-order valence-electron chi connectivity index (χ1n) is 7.85. The number of hydrogen-bond donors (Lipinski definition) is 2. The molecule has 0 aromatic heterocycles. The van der Waals surface area contributed by atoms with Crippen LogP contribution < -0.4 is 11.1 Å². The molecule has 0 heterocycles. The minimum absolute atomic E-state index is 0. The first-order chi connectivity index (χ1) is 10.1. The van der Waals surface area contributed by atoms with Gasteiger partial charge in [0, 0.05) is 18.0 Å². The van der Waals surface area contributed by atoms with Gasteiger partial charge in [-0.05, 0) is 48.9 Å². The second-order valence-electron chi connectivity index (χ2n) is 6.17. The van der Waals surface area contributed by atoms with Crippen molar-refractivity contribution in [2.45, 2.75) is 44.9 Å². The van der Waals surface area contributed by atoms with Gasteiger partial charge in [-0.1, -0.05) is 43.0 Å². The van der Waals surface area contributed by atoms with Crippen molar-refractivity contribution in [3.8, 4) is 0 Å². The topological polar surface area (TPSA) is 55.1 Å². The SMILES string of the molecule is Cl.NCC1(CC(=O)NCCc2ccc(Cl)cc2)CCCCC1. The van der Waals surface area contributed by atoms with Crippen molar-refractivity contribution in [1.29, 1.82) is 0 Å². The molecule has 0 bridgehead atoms. The van der Waals surface area contributed by atoms with Crippen LogP contribution in [0.25, 0.3) is 0 Å². The number of hydrogen-bond acceptors (Lipinski definition) is 2. The van der Waals surface area contributed by atoms with Gasteiger partial charge in [0.25, 0.3) is 0 Å². The third kappa shape index (κ3) is 5.79. The number of carbonyl (C=O) groups is 1. The Labute approximate surface area is 144 Å². The molecule has 1 aromatic carbocycles. The van der Waals surface area contributed by atoms with E-state index < -0.39 is 0 Å². The van der Waals surface area contributed by atoms with Gasteiger partial charge in [-0.2, -0.15) is 0 Å². The van der Waals surface area contributed by atoms with Crippen LogP contribution >= 0.6 is 24.0 Å². The van der Waals surface area contributed by atoms with E-state index in [-0.39, 0.29) is 23.7 Å². The molecule has 124 valence electrons. The third-order valence-electron chi connectivity index (χ3n) is 4.53. The average Bonchev–Trinajstić information content (AvgIpc) is 2.50. The Kier molecular flexibility index (Phi) is 8.23. The van der Waals surface area contributed by atoms with E-state index in [1.54, 1.807) is 0 Å². The molecule has 3 N–H and O–H groups in total. The molecule has 22 heavy (non-hydrogen) atoms. The van der Waals surface area contributed by atoms with Gasteiger partial charge in [0.1, 0.15) is 0 Å². The zero-order valence-corrected chi connectivity index (χ0v) is 14.5. The predicted octanol–water partition coefficient (Wildman–Crippen LogP) is 3.72. The van der Waals surface area contributed by atoms with E-state index in [2.05, 4.69) is 5.32 Å². The molecule has 1 aromatic rings. The summed E-state index contributed by atoms with van der Waals surface area (Å²) in [5.41, 5.74) is 7.16. The second-order valence-corrected chi connectivity index (χ2v) is 6.60. The molecule has 1 fully saturated rings. The lowest BCUT2D eigenvalue weighted by Gasteiger charge is -2.35. The summed E-state index contributed by atoms with van der Waals surface area (Å²) in [7, 11) is 0. The Morgan fingerprint density at radius 3 is 2.41 bits per heavy atom. The first-order valence-corrected chi connectivity index (χ1v) is 8.23. The van der Waals surface area contributed by atoms with Crippen LogP contribution in [0.15, 0.2) is 24.3 Å². The summed E-state index contributed by atoms with van der Waals surface area (Å²) in [4.78, 5) is 12.1. The summed E-state index contributed by atoms with van der Waals surface area (Å²) < 4.78 is 0. The first kappa shape index (κ1) is 19.3. The highest BCUT2D eigenvalue weighted by atomic mass is 35.5. The fraction of sp³-hybridized carbons (Fsp3) is 0.588. The summed E-state index contributed by atoms with van der Waals surface area (Å²) in [6, 6.07) is 7.75. The monoisotopic (exact) mass is 344 g/mol. The number of amides is 1. The van der Waals surface area contributed by atoms with Crippen molar-refractivity contribution in [2.24, 2.45) is 11.1 Å². The minimum atomic E-state index is 0. The molecule has 1 saturated carbocycles. The van der Waals surface area contributed by atoms with Crippen molar-refractivity contribution in [1.82, 2.24) is 5.32 Å². The van der Waals surface area contributed by atoms with E-state index in [1.165, 1.54) is 24.8 Å². The third-order valence-corrected chi connectivity index (χ3v) is 4.78. The van der Waals surface area contributed by atoms with Gasteiger partial charge in [0.05, 0.1) is 0 Å². The molecule has 0 aliphatic heterocycles. The lowest BCUT2D eigenvalue weighted by molar-refractivity contribution is -0.123. The summed E-state index contributed by atoms with van der Waals surface area (Å²) in [6.07, 6.45) is 7.27. The maximum Gasteiger partial charge on any atom is 0.220 e. The predicted molar refractivity (Wildman–Crippen MR) is 94.6 cm³/mol. The number of nitrogens with one attached hydrogen (secondary N) is 1. The van der Waals surface area contributed by atoms with Crippen molar-refractivity contribution >= 4 is 29.9 Å². The van der Waals surface area contributed by atoms with Crippen LogP contribution in [0.3, 0.4) is 0 Å². The molecule has 5 heteroatoms. The summed E-state index contributed by atoms with van der Waals surface area (Å²) in [6.45, 7) is 1.29. The van der Waals surface area contributed by atoms with Crippen molar-refractivity contribution in [3.05, 3.63) is 34.9 Å². The molecule has 0 saturated heterocycles. The number of nitrogens with two attached hydrogens (primary N) is 1. The normalized spacial score (nSPS) is 16.6. The fourth-order valence-electron chi connectivity index (χ4n) is 3.16. The Morgan fingerprint density at radius 2 is 1.82 bits per heavy atom. The van der Waals surface area contributed by atoms with E-state index in [0.29, 0.717) is 19.5 Å². The minimum Gasteiger partial charge on any atom is -0.356 e. The zero-order chi connectivity index (χ0) is 15.1. The summed E-state index contributed by atoms with van der Waals surface area (Å²) in [5.74, 6) is 0.135. The average molecular weight is 345 g/mol. The van der Waals surface area contributed by atoms with Gasteiger partial charge in [-0.3, -0.25) is 4.79 Å². The number of carbonyl (C=O) groups excluding carboxylic acids is 1. The highest BCUT2D eigenvalue weighted by Gasteiger charge is 2.32. The lowest BCUT2D eigenvalue weighted by atomic mass is 9.71. The van der Waals surface area contributed by atoms with Gasteiger partial charge in [-0.15, -0.1) is 12.4 Å². The lowest BCUT2D eigenvalue weighted by Crippen LogP contribution is -2.39. The smallest absolute Gasteiger partial charge is 0.220 e. The van der Waals surface area contributed by atoms with Gasteiger partial charge < -0.3 is 11.1 Å². The quantitative estimate of drug-likeness (QED) is 0.826. The van der Waals surface area contributed by atoms with Crippen molar-refractivity contribution < 1.29 is 4.79 Å². The van der Waals surface area contributed by atoms with Crippen molar-refractivity contribution in [3.63, 3.8) is 0 Å². The maximum atomic E-state index is 12.1. The summed E-state index contributed by atoms with van der Waals surface area (Å²) >= 11 is 5.85. The largest absolute Gasteiger partial charge is 0.356 e. The Morgan fingerprint density at radius 1 is 1.18 bits per heavy atom. The van der Waals surface area contributed by atoms with Crippen LogP contribution in [-0.2, 0) is 11.2 Å². The fourth-order valence-corrected chi connectivity index (χ4v) is 3.28. The van der Waals surface area contributed by atoms with Gasteiger partial charge >= 0.3 is 0 Å². The Hall–Kier alpha value is -0.770. The molecule has 0 radical (unpaired) electrons. The number of benzene rings is 1. The van der Waals surface area contributed by atoms with E-state index in [4.69, 9.17) is 17.3 Å². The Balaban J connectivity index is 0.00000242. The molecule has 1 aliphatic carbocycles. The Bertz CT molecular complexity index is 456. The second kappa shape index (κ2) is 9.39. The van der Waals surface area contributed by atoms with Crippen LogP contribution in [-0.4, -0.2) is 19.0 Å². The van der Waals surface area contributed by atoms with Crippen molar-refractivity contribution in [2.75, 3.05) is 13.1 Å². The van der Waals surface area contributed by atoms with Gasteiger partial charge in [-0.25, -0.2) is 0 Å². The molecule has 0 atom stereocenters. The van der Waals surface area contributed by atoms with E-state index in [9.17, 15) is 4.79 Å². The van der Waals surface area contributed by atoms with E-state index in [0.717, 1.165) is 24.3 Å². The molecular weight excluding hydrogens is 319 g/mol. The van der Waals surface area contributed by atoms with Crippen LogP contribution in [0.2, 0.25) is 5.02 Å². The van der Waals surface area contributed by atoms with Crippen LogP contribution in [0.1, 0.15) is 44.1 Å². The van der Waals surface area contributed by atoms with Gasteiger partial charge in [0.2, 0.25) is 5.91 Å². The van der Waals surface area contributed by atoms with Gasteiger partial charge in [0.15, 0.2) is 0 Å². The highest BCUT2D eigenvalue weighted by molar-refractivity contribution is 6.30. The molecule has 0 unspecified atom stereocenters. The molecular formula is C17H26Cl2N2O. The maximum absolute atomic E-state index is 12.1. The molecule has 1 amide bonds. The standard InChI is InChI=1S/C17H25ClN2O.ClH/c18-15-6-4-14(5-7-15)8-11-20-16(21)12-17(13-19)9-2-1-3-10-17;/h4-7H,1-3,8-13,19H2,(H,20,21);1H. The van der Waals surface area contributed by atoms with Crippen LogP contribution in [0.4, 0.5) is 0 Å².